The fraction of sp³-hybridized carbons (Fsp3) is 0.429. The minimum atomic E-state index is -0.0853. The molecule has 0 radical (unpaired) electrons. The maximum Gasteiger partial charge on any atom is 0.253 e. The predicted octanol–water partition coefficient (Wildman–Crippen LogP) is 3.58. The Balaban J connectivity index is 2.10. The van der Waals surface area contributed by atoms with Crippen LogP contribution in [0.4, 0.5) is 0 Å². The molecule has 0 atom stereocenters. The maximum absolute atomic E-state index is 12.3. The van der Waals surface area contributed by atoms with Crippen molar-refractivity contribution in [3.05, 3.63) is 33.8 Å². The lowest BCUT2D eigenvalue weighted by atomic mass is 9.93. The van der Waals surface area contributed by atoms with E-state index in [4.69, 9.17) is 23.2 Å². The van der Waals surface area contributed by atoms with Crippen molar-refractivity contribution in [3.63, 3.8) is 0 Å². The molecule has 102 valence electrons. The minimum Gasteiger partial charge on any atom is -0.339 e. The number of Topliss-reactive ketones (excluding diaryl/α,β-unsaturated/α-hetero) is 1. The average molecular weight is 300 g/mol. The highest BCUT2D eigenvalue weighted by Crippen LogP contribution is 2.25. The van der Waals surface area contributed by atoms with Gasteiger partial charge in [0.05, 0.1) is 10.0 Å². The van der Waals surface area contributed by atoms with E-state index in [2.05, 4.69) is 0 Å². The van der Waals surface area contributed by atoms with Crippen LogP contribution in [-0.4, -0.2) is 29.7 Å². The van der Waals surface area contributed by atoms with Crippen LogP contribution in [-0.2, 0) is 4.79 Å². The van der Waals surface area contributed by atoms with E-state index in [0.717, 1.165) is 12.8 Å². The highest BCUT2D eigenvalue weighted by molar-refractivity contribution is 6.42. The fourth-order valence-corrected chi connectivity index (χ4v) is 2.61. The van der Waals surface area contributed by atoms with Gasteiger partial charge in [0.1, 0.15) is 5.78 Å². The molecular weight excluding hydrogens is 285 g/mol. The number of rotatable bonds is 2. The molecule has 2 rings (SSSR count). The number of carbonyl (C=O) groups excluding carboxylic acids is 2. The molecule has 0 aromatic heterocycles. The molecule has 5 heteroatoms. The summed E-state index contributed by atoms with van der Waals surface area (Å²) in [7, 11) is 1.77. The van der Waals surface area contributed by atoms with Crippen LogP contribution in [0.1, 0.15) is 36.0 Å². The molecule has 0 aliphatic heterocycles. The van der Waals surface area contributed by atoms with E-state index in [9.17, 15) is 9.59 Å². The summed E-state index contributed by atoms with van der Waals surface area (Å²) in [6, 6.07) is 4.99. The molecule has 0 heterocycles. The number of ketones is 1. The second-order valence-corrected chi connectivity index (χ2v) is 5.63. The summed E-state index contributed by atoms with van der Waals surface area (Å²) < 4.78 is 0. The van der Waals surface area contributed by atoms with Crippen LogP contribution in [0.25, 0.3) is 0 Å². The maximum atomic E-state index is 12.3. The zero-order chi connectivity index (χ0) is 14.0. The highest BCUT2D eigenvalue weighted by atomic mass is 35.5. The summed E-state index contributed by atoms with van der Waals surface area (Å²) in [6.07, 6.45) is 2.60. The first-order chi connectivity index (χ1) is 8.99. The molecular formula is C14H15Cl2NO2. The number of hydrogen-bond donors (Lipinski definition) is 0. The van der Waals surface area contributed by atoms with Gasteiger partial charge in [-0.15, -0.1) is 0 Å². The van der Waals surface area contributed by atoms with Crippen LogP contribution in [0.3, 0.4) is 0 Å². The summed E-state index contributed by atoms with van der Waals surface area (Å²) in [4.78, 5) is 25.2. The van der Waals surface area contributed by atoms with Crippen molar-refractivity contribution in [1.82, 2.24) is 4.90 Å². The average Bonchev–Trinajstić information content (AvgIpc) is 2.41. The van der Waals surface area contributed by atoms with E-state index in [0.29, 0.717) is 28.5 Å². The van der Waals surface area contributed by atoms with Gasteiger partial charge in [-0.3, -0.25) is 9.59 Å². The highest BCUT2D eigenvalue weighted by Gasteiger charge is 2.26. The molecule has 0 N–H and O–H groups in total. The first-order valence-corrected chi connectivity index (χ1v) is 6.98. The van der Waals surface area contributed by atoms with Crippen molar-refractivity contribution in [3.8, 4) is 0 Å². The van der Waals surface area contributed by atoms with E-state index in [1.807, 2.05) is 0 Å². The Bertz CT molecular complexity index is 506. The topological polar surface area (TPSA) is 37.4 Å². The zero-order valence-electron chi connectivity index (χ0n) is 10.7. The van der Waals surface area contributed by atoms with Crippen molar-refractivity contribution < 1.29 is 9.59 Å². The van der Waals surface area contributed by atoms with Gasteiger partial charge in [0.2, 0.25) is 0 Å². The first kappa shape index (κ1) is 14.4. The lowest BCUT2D eigenvalue weighted by molar-refractivity contribution is -0.121. The molecule has 0 unspecified atom stereocenters. The lowest BCUT2D eigenvalue weighted by Gasteiger charge is -2.30. The van der Waals surface area contributed by atoms with Crippen molar-refractivity contribution in [2.75, 3.05) is 7.05 Å². The number of hydrogen-bond acceptors (Lipinski definition) is 2. The molecule has 0 saturated heterocycles. The second kappa shape index (κ2) is 5.93. The SMILES string of the molecule is CN(C(=O)c1ccc(Cl)c(Cl)c1)C1CCC(=O)CC1. The van der Waals surface area contributed by atoms with Crippen LogP contribution in [0, 0.1) is 0 Å². The lowest BCUT2D eigenvalue weighted by Crippen LogP contribution is -2.39. The van der Waals surface area contributed by atoms with Crippen molar-refractivity contribution in [2.24, 2.45) is 0 Å². The standard InChI is InChI=1S/C14H15Cl2NO2/c1-17(10-3-5-11(18)6-4-10)14(19)9-2-7-12(15)13(16)8-9/h2,7-8,10H,3-6H2,1H3. The van der Waals surface area contributed by atoms with Crippen molar-refractivity contribution in [1.29, 1.82) is 0 Å². The normalized spacial score (nSPS) is 16.5. The number of halogens is 2. The van der Waals surface area contributed by atoms with Crippen LogP contribution in [0.15, 0.2) is 18.2 Å². The summed E-state index contributed by atoms with van der Waals surface area (Å²) in [5.41, 5.74) is 0.522. The Kier molecular flexibility index (Phi) is 4.48. The van der Waals surface area contributed by atoms with Gasteiger partial charge in [0.15, 0.2) is 0 Å². The summed E-state index contributed by atoms with van der Waals surface area (Å²) >= 11 is 11.8. The van der Waals surface area contributed by atoms with Gasteiger partial charge in [-0.05, 0) is 31.0 Å². The van der Waals surface area contributed by atoms with Crippen molar-refractivity contribution in [2.45, 2.75) is 31.7 Å². The Morgan fingerprint density at radius 2 is 1.84 bits per heavy atom. The van der Waals surface area contributed by atoms with E-state index < -0.39 is 0 Å². The molecule has 1 aliphatic carbocycles. The zero-order valence-corrected chi connectivity index (χ0v) is 12.2. The predicted molar refractivity (Wildman–Crippen MR) is 75.8 cm³/mol. The fourth-order valence-electron chi connectivity index (χ4n) is 2.31. The van der Waals surface area contributed by atoms with Gasteiger partial charge >= 0.3 is 0 Å². The van der Waals surface area contributed by atoms with Crippen LogP contribution in [0.5, 0.6) is 0 Å². The summed E-state index contributed by atoms with van der Waals surface area (Å²) in [6.45, 7) is 0. The molecule has 1 fully saturated rings. The number of nitrogens with zero attached hydrogens (tertiary/aromatic N) is 1. The first-order valence-electron chi connectivity index (χ1n) is 6.23. The molecule has 1 aromatic rings. The number of amides is 1. The van der Waals surface area contributed by atoms with Crippen LogP contribution < -0.4 is 0 Å². The third-order valence-electron chi connectivity index (χ3n) is 3.55. The van der Waals surface area contributed by atoms with Gasteiger partial charge in [-0.2, -0.15) is 0 Å². The minimum absolute atomic E-state index is 0.0853. The van der Waals surface area contributed by atoms with Crippen LogP contribution in [0.2, 0.25) is 10.0 Å². The largest absolute Gasteiger partial charge is 0.339 e. The molecule has 1 saturated carbocycles. The van der Waals surface area contributed by atoms with Gasteiger partial charge in [-0.25, -0.2) is 0 Å². The Morgan fingerprint density at radius 3 is 2.42 bits per heavy atom. The molecule has 3 nitrogen and oxygen atoms in total. The van der Waals surface area contributed by atoms with Gasteiger partial charge in [-0.1, -0.05) is 23.2 Å². The summed E-state index contributed by atoms with van der Waals surface area (Å²) in [5, 5.41) is 0.809. The Labute approximate surface area is 122 Å². The quantitative estimate of drug-likeness (QED) is 0.837. The smallest absolute Gasteiger partial charge is 0.253 e. The number of carbonyl (C=O) groups is 2. The molecule has 1 aromatic carbocycles. The molecule has 0 bridgehead atoms. The Morgan fingerprint density at radius 1 is 1.21 bits per heavy atom. The van der Waals surface area contributed by atoms with E-state index in [-0.39, 0.29) is 17.7 Å². The Hall–Kier alpha value is -1.06. The van der Waals surface area contributed by atoms with Gasteiger partial charge in [0, 0.05) is 31.5 Å². The van der Waals surface area contributed by atoms with E-state index in [1.165, 1.54) is 0 Å². The molecule has 1 amide bonds. The van der Waals surface area contributed by atoms with E-state index in [1.54, 1.807) is 30.1 Å². The van der Waals surface area contributed by atoms with Crippen LogP contribution >= 0.6 is 23.2 Å². The third-order valence-corrected chi connectivity index (χ3v) is 4.29. The third kappa shape index (κ3) is 3.28. The van der Waals surface area contributed by atoms with E-state index >= 15 is 0 Å². The molecule has 19 heavy (non-hydrogen) atoms. The van der Waals surface area contributed by atoms with Gasteiger partial charge in [0.25, 0.3) is 5.91 Å². The second-order valence-electron chi connectivity index (χ2n) is 4.81. The number of benzene rings is 1. The summed E-state index contributed by atoms with van der Waals surface area (Å²) in [5.74, 6) is 0.199. The molecule has 1 aliphatic rings. The molecule has 0 spiro atoms. The van der Waals surface area contributed by atoms with Crippen molar-refractivity contribution >= 4 is 34.9 Å². The van der Waals surface area contributed by atoms with Gasteiger partial charge < -0.3 is 4.90 Å². The monoisotopic (exact) mass is 299 g/mol.